The van der Waals surface area contributed by atoms with Crippen molar-refractivity contribution in [2.24, 2.45) is 0 Å². The average Bonchev–Trinajstić information content (AvgIpc) is 2.49. The van der Waals surface area contributed by atoms with E-state index in [0.29, 0.717) is 29.6 Å². The van der Waals surface area contributed by atoms with Crippen molar-refractivity contribution < 1.29 is 8.42 Å². The summed E-state index contributed by atoms with van der Waals surface area (Å²) in [5.74, 6) is 0. The number of rotatable bonds is 4. The third-order valence-electron chi connectivity index (χ3n) is 3.98. The molecule has 1 aliphatic heterocycles. The van der Waals surface area contributed by atoms with Crippen LogP contribution < -0.4 is 9.62 Å². The van der Waals surface area contributed by atoms with Gasteiger partial charge in [-0.2, -0.15) is 0 Å². The van der Waals surface area contributed by atoms with E-state index >= 15 is 0 Å². The predicted octanol–water partition coefficient (Wildman–Crippen LogP) is 3.47. The monoisotopic (exact) mass is 384 g/mol. The highest BCUT2D eigenvalue weighted by molar-refractivity contribution is 7.88. The molecule has 0 saturated carbocycles. The fourth-order valence-electron chi connectivity index (χ4n) is 3.08. The largest absolute Gasteiger partial charge is 0.365 e. The molecule has 7 heteroatoms. The molecule has 0 bridgehead atoms. The molecule has 1 N–H and O–H groups in total. The van der Waals surface area contributed by atoms with Gasteiger partial charge < -0.3 is 4.90 Å². The Morgan fingerprint density at radius 3 is 2.62 bits per heavy atom. The van der Waals surface area contributed by atoms with E-state index in [9.17, 15) is 8.42 Å². The lowest BCUT2D eigenvalue weighted by atomic mass is 9.98. The van der Waals surface area contributed by atoms with E-state index in [1.807, 2.05) is 30.3 Å². The number of fused-ring (bicyclic) bond motifs is 1. The summed E-state index contributed by atoms with van der Waals surface area (Å²) in [6.45, 7) is 1.24. The first-order valence-corrected chi connectivity index (χ1v) is 10.2. The number of hydrogen-bond donors (Lipinski definition) is 1. The Morgan fingerprint density at radius 2 is 1.92 bits per heavy atom. The maximum absolute atomic E-state index is 11.6. The molecule has 0 spiro atoms. The zero-order valence-electron chi connectivity index (χ0n) is 13.2. The molecule has 1 heterocycles. The van der Waals surface area contributed by atoms with E-state index in [-0.39, 0.29) is 6.04 Å². The molecule has 1 atom stereocenters. The lowest BCUT2D eigenvalue weighted by Crippen LogP contribution is -2.47. The van der Waals surface area contributed by atoms with E-state index in [0.717, 1.165) is 16.8 Å². The molecule has 0 fully saturated rings. The predicted molar refractivity (Wildman–Crippen MR) is 99.4 cm³/mol. The van der Waals surface area contributed by atoms with Gasteiger partial charge in [-0.05, 0) is 35.7 Å². The van der Waals surface area contributed by atoms with Gasteiger partial charge in [-0.15, -0.1) is 0 Å². The van der Waals surface area contributed by atoms with Crippen LogP contribution >= 0.6 is 23.2 Å². The summed E-state index contributed by atoms with van der Waals surface area (Å²) >= 11 is 12.1. The van der Waals surface area contributed by atoms with Crippen molar-refractivity contribution in [3.63, 3.8) is 0 Å². The highest BCUT2D eigenvalue weighted by Gasteiger charge is 2.26. The highest BCUT2D eigenvalue weighted by atomic mass is 35.5. The second-order valence-electron chi connectivity index (χ2n) is 6.05. The smallest absolute Gasteiger partial charge is 0.209 e. The molecule has 0 aliphatic carbocycles. The molecule has 0 aromatic heterocycles. The molecular weight excluding hydrogens is 367 g/mol. The van der Waals surface area contributed by atoms with Gasteiger partial charge in [0.25, 0.3) is 0 Å². The molecule has 0 saturated heterocycles. The van der Waals surface area contributed by atoms with Crippen molar-refractivity contribution in [3.05, 3.63) is 63.6 Å². The van der Waals surface area contributed by atoms with Crippen molar-refractivity contribution in [1.29, 1.82) is 0 Å². The van der Waals surface area contributed by atoms with Crippen LogP contribution in [-0.4, -0.2) is 27.3 Å². The molecule has 128 valence electrons. The highest BCUT2D eigenvalue weighted by Crippen LogP contribution is 2.30. The van der Waals surface area contributed by atoms with Gasteiger partial charge in [0, 0.05) is 24.8 Å². The fourth-order valence-corrected chi connectivity index (χ4v) is 4.16. The Morgan fingerprint density at radius 1 is 1.17 bits per heavy atom. The number of nitrogens with one attached hydrogen (secondary N) is 1. The van der Waals surface area contributed by atoms with E-state index in [1.165, 1.54) is 6.26 Å². The van der Waals surface area contributed by atoms with Crippen LogP contribution in [0.1, 0.15) is 11.1 Å². The van der Waals surface area contributed by atoms with Crippen molar-refractivity contribution in [1.82, 2.24) is 4.72 Å². The summed E-state index contributed by atoms with van der Waals surface area (Å²) in [5.41, 5.74) is 3.28. The third kappa shape index (κ3) is 4.22. The second-order valence-corrected chi connectivity index (χ2v) is 8.64. The summed E-state index contributed by atoms with van der Waals surface area (Å²) in [6.07, 6.45) is 1.87. The van der Waals surface area contributed by atoms with Crippen LogP contribution in [0, 0.1) is 0 Å². The molecule has 2 aromatic rings. The van der Waals surface area contributed by atoms with Gasteiger partial charge in [0.2, 0.25) is 10.0 Å². The Bertz CT molecular complexity index is 855. The summed E-state index contributed by atoms with van der Waals surface area (Å²) in [7, 11) is -3.25. The van der Waals surface area contributed by atoms with Crippen molar-refractivity contribution in [3.8, 4) is 0 Å². The topological polar surface area (TPSA) is 49.4 Å². The van der Waals surface area contributed by atoms with E-state index in [2.05, 4.69) is 15.7 Å². The Labute approximate surface area is 152 Å². The minimum atomic E-state index is -3.25. The quantitative estimate of drug-likeness (QED) is 0.877. The SMILES string of the molecule is CS(=O)(=O)NC1Cc2ccccc2N(Cc2ccc(Cl)c(Cl)c2)C1. The molecule has 3 rings (SSSR count). The van der Waals surface area contributed by atoms with Gasteiger partial charge in [0.05, 0.1) is 16.3 Å². The van der Waals surface area contributed by atoms with Crippen molar-refractivity contribution in [2.75, 3.05) is 17.7 Å². The van der Waals surface area contributed by atoms with Crippen molar-refractivity contribution >= 4 is 38.9 Å². The van der Waals surface area contributed by atoms with Gasteiger partial charge in [0.15, 0.2) is 0 Å². The summed E-state index contributed by atoms with van der Waals surface area (Å²) in [4.78, 5) is 2.17. The van der Waals surface area contributed by atoms with Crippen LogP contribution in [0.2, 0.25) is 10.0 Å². The van der Waals surface area contributed by atoms with E-state index in [1.54, 1.807) is 6.07 Å². The normalized spacial score (nSPS) is 17.6. The number of halogens is 2. The van der Waals surface area contributed by atoms with Crippen LogP contribution in [0.25, 0.3) is 0 Å². The first-order valence-electron chi connectivity index (χ1n) is 7.56. The number of hydrogen-bond acceptors (Lipinski definition) is 3. The second kappa shape index (κ2) is 6.92. The molecule has 1 aliphatic rings. The Kier molecular flexibility index (Phi) is 5.06. The molecule has 24 heavy (non-hydrogen) atoms. The standard InChI is InChI=1S/C17H18Cl2N2O2S/c1-24(22,23)20-14-9-13-4-2-3-5-17(13)21(11-14)10-12-6-7-15(18)16(19)8-12/h2-8,14,20H,9-11H2,1H3. The van der Waals surface area contributed by atoms with E-state index < -0.39 is 10.0 Å². The zero-order valence-corrected chi connectivity index (χ0v) is 15.5. The molecule has 2 aromatic carbocycles. The first-order chi connectivity index (χ1) is 11.3. The van der Waals surface area contributed by atoms with Crippen molar-refractivity contribution in [2.45, 2.75) is 19.0 Å². The maximum atomic E-state index is 11.6. The van der Waals surface area contributed by atoms with Gasteiger partial charge in [-0.1, -0.05) is 47.5 Å². The summed E-state index contributed by atoms with van der Waals surface area (Å²) in [5, 5.41) is 1.04. The summed E-state index contributed by atoms with van der Waals surface area (Å²) < 4.78 is 25.9. The van der Waals surface area contributed by atoms with Gasteiger partial charge in [-0.3, -0.25) is 0 Å². The van der Waals surface area contributed by atoms with Crippen LogP contribution in [0.15, 0.2) is 42.5 Å². The van der Waals surface area contributed by atoms with Gasteiger partial charge in [-0.25, -0.2) is 13.1 Å². The van der Waals surface area contributed by atoms with Gasteiger partial charge >= 0.3 is 0 Å². The van der Waals surface area contributed by atoms with Crippen LogP contribution in [0.4, 0.5) is 5.69 Å². The number of benzene rings is 2. The van der Waals surface area contributed by atoms with Crippen LogP contribution in [0.5, 0.6) is 0 Å². The zero-order chi connectivity index (χ0) is 17.3. The minimum absolute atomic E-state index is 0.155. The Hall–Kier alpha value is -1.27. The molecule has 4 nitrogen and oxygen atoms in total. The average molecular weight is 385 g/mol. The molecule has 0 amide bonds. The fraction of sp³-hybridized carbons (Fsp3) is 0.294. The number of nitrogens with zero attached hydrogens (tertiary/aromatic N) is 1. The number of anilines is 1. The third-order valence-corrected chi connectivity index (χ3v) is 5.48. The number of sulfonamides is 1. The number of para-hydroxylation sites is 1. The Balaban J connectivity index is 1.88. The summed E-state index contributed by atoms with van der Waals surface area (Å²) in [6, 6.07) is 13.5. The lowest BCUT2D eigenvalue weighted by Gasteiger charge is -2.36. The van der Waals surface area contributed by atoms with E-state index in [4.69, 9.17) is 23.2 Å². The lowest BCUT2D eigenvalue weighted by molar-refractivity contribution is 0.528. The first kappa shape index (κ1) is 17.5. The van der Waals surface area contributed by atoms with Gasteiger partial charge in [0.1, 0.15) is 0 Å². The molecule has 1 unspecified atom stereocenters. The van der Waals surface area contributed by atoms with Crippen LogP contribution in [-0.2, 0) is 23.0 Å². The minimum Gasteiger partial charge on any atom is -0.365 e. The van der Waals surface area contributed by atoms with Crippen LogP contribution in [0.3, 0.4) is 0 Å². The molecular formula is C17H18Cl2N2O2S. The maximum Gasteiger partial charge on any atom is 0.209 e. The molecule has 0 radical (unpaired) electrons.